The summed E-state index contributed by atoms with van der Waals surface area (Å²) in [6, 6.07) is 0.195. The number of amides is 2. The summed E-state index contributed by atoms with van der Waals surface area (Å²) in [5, 5.41) is 2.98. The second-order valence-corrected chi connectivity index (χ2v) is 7.82. The van der Waals surface area contributed by atoms with Gasteiger partial charge in [0, 0.05) is 31.6 Å². The molecule has 2 rings (SSSR count). The Kier molecular flexibility index (Phi) is 7.32. The molecule has 2 aliphatic rings. The summed E-state index contributed by atoms with van der Waals surface area (Å²) in [5.74, 6) is -1.16. The number of nitrogens with zero attached hydrogens (tertiary/aromatic N) is 2. The van der Waals surface area contributed by atoms with E-state index in [1.54, 1.807) is 0 Å². The highest BCUT2D eigenvalue weighted by Crippen LogP contribution is 2.26. The summed E-state index contributed by atoms with van der Waals surface area (Å²) in [7, 11) is 0. The van der Waals surface area contributed by atoms with Crippen LogP contribution in [-0.4, -0.2) is 66.6 Å². The average Bonchev–Trinajstić information content (AvgIpc) is 2.84. The average molecular weight is 377 g/mol. The minimum absolute atomic E-state index is 0.0269. The van der Waals surface area contributed by atoms with E-state index in [0.29, 0.717) is 25.3 Å². The van der Waals surface area contributed by atoms with E-state index in [0.717, 1.165) is 37.3 Å². The van der Waals surface area contributed by atoms with Gasteiger partial charge in [0.1, 0.15) is 0 Å². The second kappa shape index (κ2) is 9.06. The normalized spacial score (nSPS) is 23.8. The summed E-state index contributed by atoms with van der Waals surface area (Å²) >= 11 is 0. The zero-order valence-electron chi connectivity index (χ0n) is 15.6. The van der Waals surface area contributed by atoms with Crippen molar-refractivity contribution in [3.63, 3.8) is 0 Å². The van der Waals surface area contributed by atoms with Gasteiger partial charge in [0.25, 0.3) is 0 Å². The van der Waals surface area contributed by atoms with E-state index in [-0.39, 0.29) is 31.0 Å². The highest BCUT2D eigenvalue weighted by molar-refractivity contribution is 5.81. The number of hydrogen-bond acceptors (Lipinski definition) is 3. The molecule has 1 atom stereocenters. The Morgan fingerprint density at radius 2 is 1.69 bits per heavy atom. The molecule has 1 unspecified atom stereocenters. The van der Waals surface area contributed by atoms with Crippen molar-refractivity contribution in [3.8, 4) is 0 Å². The third-order valence-corrected chi connectivity index (χ3v) is 5.33. The summed E-state index contributed by atoms with van der Waals surface area (Å²) in [6.07, 6.45) is -1.28. The molecule has 1 N–H and O–H groups in total. The molecular weight excluding hydrogens is 347 g/mol. The first-order chi connectivity index (χ1) is 12.2. The zero-order valence-corrected chi connectivity index (χ0v) is 15.6. The van der Waals surface area contributed by atoms with Gasteiger partial charge in [-0.2, -0.15) is 13.2 Å². The number of halogens is 3. The van der Waals surface area contributed by atoms with E-state index in [2.05, 4.69) is 24.1 Å². The van der Waals surface area contributed by atoms with Crippen LogP contribution in [0.4, 0.5) is 13.2 Å². The Morgan fingerprint density at radius 3 is 2.27 bits per heavy atom. The lowest BCUT2D eigenvalue weighted by molar-refractivity contribution is -0.185. The molecule has 0 radical (unpaired) electrons. The fourth-order valence-corrected chi connectivity index (χ4v) is 3.80. The molecule has 2 amide bonds. The first kappa shape index (κ1) is 21.0. The third-order valence-electron chi connectivity index (χ3n) is 5.33. The molecule has 2 saturated heterocycles. The summed E-state index contributed by atoms with van der Waals surface area (Å²) in [6.45, 7) is 6.70. The van der Waals surface area contributed by atoms with E-state index in [1.807, 2.05) is 0 Å². The SMILES string of the molecule is CC(C)CNC(=O)C1CCN(C2CCCN(C(=O)C(F)(F)F)CC2)CC1. The van der Waals surface area contributed by atoms with Gasteiger partial charge in [-0.05, 0) is 51.1 Å². The van der Waals surface area contributed by atoms with Crippen molar-refractivity contribution in [1.82, 2.24) is 15.1 Å². The molecule has 0 saturated carbocycles. The first-order valence-corrected chi connectivity index (χ1v) is 9.56. The Morgan fingerprint density at radius 1 is 1.04 bits per heavy atom. The predicted molar refractivity (Wildman–Crippen MR) is 92.4 cm³/mol. The molecule has 8 heteroatoms. The highest BCUT2D eigenvalue weighted by atomic mass is 19.4. The van der Waals surface area contributed by atoms with Crippen LogP contribution in [0, 0.1) is 11.8 Å². The Hall–Kier alpha value is -1.31. The van der Waals surface area contributed by atoms with E-state index < -0.39 is 12.1 Å². The largest absolute Gasteiger partial charge is 0.471 e. The van der Waals surface area contributed by atoms with Crippen LogP contribution in [0.5, 0.6) is 0 Å². The third kappa shape index (κ3) is 5.86. The highest BCUT2D eigenvalue weighted by Gasteiger charge is 2.43. The number of alkyl halides is 3. The lowest BCUT2D eigenvalue weighted by Crippen LogP contribution is -2.46. The van der Waals surface area contributed by atoms with Crippen LogP contribution in [0.2, 0.25) is 0 Å². The summed E-state index contributed by atoms with van der Waals surface area (Å²) < 4.78 is 37.8. The number of piperidine rings is 1. The number of nitrogens with one attached hydrogen (secondary N) is 1. The molecule has 0 aromatic rings. The number of rotatable bonds is 4. The van der Waals surface area contributed by atoms with Crippen LogP contribution in [0.1, 0.15) is 46.0 Å². The van der Waals surface area contributed by atoms with E-state index in [4.69, 9.17) is 0 Å². The maximum atomic E-state index is 12.6. The number of carbonyl (C=O) groups is 2. The van der Waals surface area contributed by atoms with Crippen molar-refractivity contribution >= 4 is 11.8 Å². The monoisotopic (exact) mass is 377 g/mol. The van der Waals surface area contributed by atoms with Crippen molar-refractivity contribution < 1.29 is 22.8 Å². The molecule has 5 nitrogen and oxygen atoms in total. The van der Waals surface area contributed by atoms with Gasteiger partial charge in [-0.3, -0.25) is 9.59 Å². The van der Waals surface area contributed by atoms with Crippen molar-refractivity contribution in [2.45, 2.75) is 58.2 Å². The molecule has 0 aromatic heterocycles. The van der Waals surface area contributed by atoms with Crippen molar-refractivity contribution in [1.29, 1.82) is 0 Å². The molecule has 0 aromatic carbocycles. The molecule has 2 fully saturated rings. The zero-order chi connectivity index (χ0) is 19.3. The van der Waals surface area contributed by atoms with Crippen molar-refractivity contribution in [2.24, 2.45) is 11.8 Å². The smallest absolute Gasteiger partial charge is 0.356 e. The summed E-state index contributed by atoms with van der Waals surface area (Å²) in [5.41, 5.74) is 0. The van der Waals surface area contributed by atoms with Gasteiger partial charge in [0.15, 0.2) is 0 Å². The molecule has 26 heavy (non-hydrogen) atoms. The minimum Gasteiger partial charge on any atom is -0.356 e. The van der Waals surface area contributed by atoms with Crippen LogP contribution in [0.3, 0.4) is 0 Å². The van der Waals surface area contributed by atoms with Gasteiger partial charge >= 0.3 is 12.1 Å². The van der Waals surface area contributed by atoms with Gasteiger partial charge in [-0.25, -0.2) is 0 Å². The molecule has 0 bridgehead atoms. The number of hydrogen-bond donors (Lipinski definition) is 1. The molecule has 2 aliphatic heterocycles. The number of likely N-dealkylation sites (tertiary alicyclic amines) is 2. The van der Waals surface area contributed by atoms with Crippen molar-refractivity contribution in [3.05, 3.63) is 0 Å². The lowest BCUT2D eigenvalue weighted by atomic mass is 9.93. The maximum absolute atomic E-state index is 12.6. The van der Waals surface area contributed by atoms with Gasteiger partial charge in [0.2, 0.25) is 5.91 Å². The molecular formula is C18H30F3N3O2. The lowest BCUT2D eigenvalue weighted by Gasteiger charge is -2.37. The van der Waals surface area contributed by atoms with Crippen LogP contribution in [0.15, 0.2) is 0 Å². The van der Waals surface area contributed by atoms with Gasteiger partial charge in [-0.15, -0.1) is 0 Å². The van der Waals surface area contributed by atoms with E-state index in [1.165, 1.54) is 0 Å². The predicted octanol–water partition coefficient (Wildman–Crippen LogP) is 2.41. The van der Waals surface area contributed by atoms with Crippen LogP contribution >= 0.6 is 0 Å². The van der Waals surface area contributed by atoms with Crippen LogP contribution in [-0.2, 0) is 9.59 Å². The molecule has 0 aliphatic carbocycles. The Bertz CT molecular complexity index is 489. The molecule has 150 valence electrons. The van der Waals surface area contributed by atoms with Gasteiger partial charge in [-0.1, -0.05) is 13.8 Å². The first-order valence-electron chi connectivity index (χ1n) is 9.56. The second-order valence-electron chi connectivity index (χ2n) is 7.82. The number of carbonyl (C=O) groups excluding carboxylic acids is 2. The van der Waals surface area contributed by atoms with Crippen molar-refractivity contribution in [2.75, 3.05) is 32.7 Å². The molecule has 0 spiro atoms. The van der Waals surface area contributed by atoms with E-state index >= 15 is 0 Å². The maximum Gasteiger partial charge on any atom is 0.471 e. The Balaban J connectivity index is 1.79. The minimum atomic E-state index is -4.79. The van der Waals surface area contributed by atoms with Gasteiger partial charge < -0.3 is 15.1 Å². The fraction of sp³-hybridized carbons (Fsp3) is 0.889. The van der Waals surface area contributed by atoms with Crippen LogP contribution in [0.25, 0.3) is 0 Å². The van der Waals surface area contributed by atoms with Crippen LogP contribution < -0.4 is 5.32 Å². The quantitative estimate of drug-likeness (QED) is 0.819. The van der Waals surface area contributed by atoms with Gasteiger partial charge in [0.05, 0.1) is 0 Å². The Labute approximate surface area is 153 Å². The topological polar surface area (TPSA) is 52.7 Å². The standard InChI is InChI=1S/C18H30F3N3O2/c1-13(2)12-22-16(25)14-5-9-23(10-6-14)15-4-3-8-24(11-7-15)17(26)18(19,20)21/h13-15H,3-12H2,1-2H3,(H,22,25). The van der Waals surface area contributed by atoms with E-state index in [9.17, 15) is 22.8 Å². The molecule has 2 heterocycles. The fourth-order valence-electron chi connectivity index (χ4n) is 3.80. The summed E-state index contributed by atoms with van der Waals surface area (Å²) in [4.78, 5) is 26.8.